The number of anilines is 1. The number of aromatic nitrogens is 1. The molecule has 1 amide bonds. The third-order valence-corrected chi connectivity index (χ3v) is 2.79. The van der Waals surface area contributed by atoms with Crippen LogP contribution in [-0.2, 0) is 4.79 Å². The van der Waals surface area contributed by atoms with E-state index in [4.69, 9.17) is 5.73 Å². The van der Waals surface area contributed by atoms with Gasteiger partial charge in [-0.05, 0) is 31.4 Å². The smallest absolute Gasteiger partial charge is 0.227 e. The van der Waals surface area contributed by atoms with E-state index in [1.54, 1.807) is 24.5 Å². The zero-order chi connectivity index (χ0) is 10.7. The van der Waals surface area contributed by atoms with Gasteiger partial charge in [0, 0.05) is 30.0 Å². The molecule has 1 heterocycles. The van der Waals surface area contributed by atoms with Crippen molar-refractivity contribution in [3.63, 3.8) is 0 Å². The van der Waals surface area contributed by atoms with Crippen LogP contribution in [0.25, 0.3) is 0 Å². The second-order valence-electron chi connectivity index (χ2n) is 4.00. The average Bonchev–Trinajstić information content (AvgIpc) is 2.66. The van der Waals surface area contributed by atoms with Crippen molar-refractivity contribution < 1.29 is 4.79 Å². The third kappa shape index (κ3) is 4.50. The fourth-order valence-corrected chi connectivity index (χ4v) is 1.93. The van der Waals surface area contributed by atoms with Crippen LogP contribution in [0.15, 0.2) is 24.5 Å². The summed E-state index contributed by atoms with van der Waals surface area (Å²) >= 11 is 0. The Morgan fingerprint density at radius 3 is 2.47 bits per heavy atom. The van der Waals surface area contributed by atoms with Gasteiger partial charge in [0.2, 0.25) is 5.91 Å². The molecule has 1 aromatic rings. The Kier molecular flexibility index (Phi) is 7.11. The molecular formula is C11H17Cl2N3O. The molecule has 1 aliphatic carbocycles. The van der Waals surface area contributed by atoms with E-state index < -0.39 is 0 Å². The summed E-state index contributed by atoms with van der Waals surface area (Å²) in [6.07, 6.45) is 5.98. The Hall–Kier alpha value is -0.840. The van der Waals surface area contributed by atoms with Crippen LogP contribution in [0, 0.1) is 5.92 Å². The number of amides is 1. The van der Waals surface area contributed by atoms with Crippen LogP contribution in [0.2, 0.25) is 0 Å². The van der Waals surface area contributed by atoms with Crippen molar-refractivity contribution in [2.75, 3.05) is 5.32 Å². The minimum Gasteiger partial charge on any atom is -0.328 e. The van der Waals surface area contributed by atoms with E-state index in [0.717, 1.165) is 24.9 Å². The normalized spacial score (nSPS) is 22.2. The molecule has 2 atom stereocenters. The molecule has 2 rings (SSSR count). The predicted octanol–water partition coefficient (Wildman–Crippen LogP) is 1.99. The molecule has 0 bridgehead atoms. The summed E-state index contributed by atoms with van der Waals surface area (Å²) in [5.41, 5.74) is 6.57. The van der Waals surface area contributed by atoms with Gasteiger partial charge in [-0.1, -0.05) is 0 Å². The Balaban J connectivity index is 0.00000128. The topological polar surface area (TPSA) is 68.0 Å². The third-order valence-electron chi connectivity index (χ3n) is 2.79. The van der Waals surface area contributed by atoms with Gasteiger partial charge in [-0.2, -0.15) is 0 Å². The maximum Gasteiger partial charge on any atom is 0.227 e. The van der Waals surface area contributed by atoms with Gasteiger partial charge in [0.15, 0.2) is 0 Å². The molecule has 3 N–H and O–H groups in total. The molecule has 4 nitrogen and oxygen atoms in total. The molecule has 0 aliphatic heterocycles. The fraction of sp³-hybridized carbons (Fsp3) is 0.455. The van der Waals surface area contributed by atoms with E-state index in [1.807, 2.05) is 0 Å². The predicted molar refractivity (Wildman–Crippen MR) is 72.7 cm³/mol. The lowest BCUT2D eigenvalue weighted by Gasteiger charge is -2.10. The number of nitrogens with two attached hydrogens (primary N) is 1. The highest BCUT2D eigenvalue weighted by atomic mass is 35.5. The molecule has 1 fully saturated rings. The Morgan fingerprint density at radius 1 is 1.29 bits per heavy atom. The zero-order valence-electron chi connectivity index (χ0n) is 9.33. The van der Waals surface area contributed by atoms with E-state index in [2.05, 4.69) is 10.3 Å². The molecule has 0 radical (unpaired) electrons. The minimum absolute atomic E-state index is 0. The van der Waals surface area contributed by atoms with Crippen LogP contribution < -0.4 is 11.1 Å². The molecule has 96 valence electrons. The maximum atomic E-state index is 11.8. The molecule has 0 saturated heterocycles. The van der Waals surface area contributed by atoms with Crippen molar-refractivity contribution >= 4 is 36.4 Å². The monoisotopic (exact) mass is 277 g/mol. The van der Waals surface area contributed by atoms with Gasteiger partial charge >= 0.3 is 0 Å². The largest absolute Gasteiger partial charge is 0.328 e. The van der Waals surface area contributed by atoms with Crippen molar-refractivity contribution in [1.82, 2.24) is 4.98 Å². The lowest BCUT2D eigenvalue weighted by molar-refractivity contribution is -0.119. The molecule has 0 spiro atoms. The molecule has 1 aliphatic rings. The van der Waals surface area contributed by atoms with E-state index >= 15 is 0 Å². The number of nitrogens with zero attached hydrogens (tertiary/aromatic N) is 1. The zero-order valence-corrected chi connectivity index (χ0v) is 11.0. The van der Waals surface area contributed by atoms with Crippen LogP contribution in [0.1, 0.15) is 19.3 Å². The van der Waals surface area contributed by atoms with E-state index in [1.165, 1.54) is 0 Å². The van der Waals surface area contributed by atoms with Crippen LogP contribution in [0.3, 0.4) is 0 Å². The average molecular weight is 278 g/mol. The van der Waals surface area contributed by atoms with Crippen molar-refractivity contribution in [3.05, 3.63) is 24.5 Å². The summed E-state index contributed by atoms with van der Waals surface area (Å²) < 4.78 is 0. The number of hydrogen-bond donors (Lipinski definition) is 2. The first-order valence-electron chi connectivity index (χ1n) is 5.22. The van der Waals surface area contributed by atoms with Crippen molar-refractivity contribution in [3.8, 4) is 0 Å². The quantitative estimate of drug-likeness (QED) is 0.869. The molecule has 1 aromatic heterocycles. The summed E-state index contributed by atoms with van der Waals surface area (Å²) in [5.74, 6) is 0.155. The SMILES string of the molecule is Cl.Cl.NC1CCC(C(=O)Nc2ccncc2)C1. The first kappa shape index (κ1) is 16.2. The van der Waals surface area contributed by atoms with Gasteiger partial charge in [0.05, 0.1) is 0 Å². The number of carbonyl (C=O) groups is 1. The first-order chi connectivity index (χ1) is 7.25. The summed E-state index contributed by atoms with van der Waals surface area (Å²) in [4.78, 5) is 15.7. The van der Waals surface area contributed by atoms with Gasteiger partial charge in [0.1, 0.15) is 0 Å². The Bertz CT molecular complexity index is 348. The molecule has 1 saturated carbocycles. The van der Waals surface area contributed by atoms with E-state index in [0.29, 0.717) is 0 Å². The molecular weight excluding hydrogens is 261 g/mol. The van der Waals surface area contributed by atoms with Gasteiger partial charge in [-0.15, -0.1) is 24.8 Å². The fourth-order valence-electron chi connectivity index (χ4n) is 1.93. The van der Waals surface area contributed by atoms with Gasteiger partial charge in [-0.3, -0.25) is 9.78 Å². The van der Waals surface area contributed by atoms with Crippen molar-refractivity contribution in [2.45, 2.75) is 25.3 Å². The molecule has 17 heavy (non-hydrogen) atoms. The molecule has 2 unspecified atom stereocenters. The summed E-state index contributed by atoms with van der Waals surface area (Å²) in [6.45, 7) is 0. The Morgan fingerprint density at radius 2 is 1.94 bits per heavy atom. The maximum absolute atomic E-state index is 11.8. The first-order valence-corrected chi connectivity index (χ1v) is 5.22. The lowest BCUT2D eigenvalue weighted by Crippen LogP contribution is -2.23. The van der Waals surface area contributed by atoms with Crippen LogP contribution in [-0.4, -0.2) is 16.9 Å². The number of carbonyl (C=O) groups excluding carboxylic acids is 1. The molecule has 0 aromatic carbocycles. The standard InChI is InChI=1S/C11H15N3O.2ClH/c12-9-2-1-8(7-9)11(15)14-10-3-5-13-6-4-10;;/h3-6,8-9H,1-2,7,12H2,(H,13,14,15);2*1H. The number of halogens is 2. The second kappa shape index (κ2) is 7.48. The van der Waals surface area contributed by atoms with Crippen molar-refractivity contribution in [2.24, 2.45) is 11.7 Å². The highest BCUT2D eigenvalue weighted by Crippen LogP contribution is 2.25. The van der Waals surface area contributed by atoms with Gasteiger partial charge in [-0.25, -0.2) is 0 Å². The summed E-state index contributed by atoms with van der Waals surface area (Å²) in [6, 6.07) is 3.76. The van der Waals surface area contributed by atoms with Crippen LogP contribution in [0.5, 0.6) is 0 Å². The number of rotatable bonds is 2. The number of pyridine rings is 1. The summed E-state index contributed by atoms with van der Waals surface area (Å²) in [5, 5.41) is 2.87. The lowest BCUT2D eigenvalue weighted by atomic mass is 10.1. The van der Waals surface area contributed by atoms with Crippen LogP contribution in [0.4, 0.5) is 5.69 Å². The van der Waals surface area contributed by atoms with E-state index in [9.17, 15) is 4.79 Å². The Labute approximate surface area is 113 Å². The van der Waals surface area contributed by atoms with Crippen molar-refractivity contribution in [1.29, 1.82) is 0 Å². The number of nitrogens with one attached hydrogen (secondary N) is 1. The minimum atomic E-state index is 0. The van der Waals surface area contributed by atoms with Crippen LogP contribution >= 0.6 is 24.8 Å². The highest BCUT2D eigenvalue weighted by molar-refractivity contribution is 5.92. The molecule has 6 heteroatoms. The second-order valence-corrected chi connectivity index (χ2v) is 4.00. The number of hydrogen-bond acceptors (Lipinski definition) is 3. The van der Waals surface area contributed by atoms with Gasteiger partial charge < -0.3 is 11.1 Å². The summed E-state index contributed by atoms with van der Waals surface area (Å²) in [7, 11) is 0. The highest BCUT2D eigenvalue weighted by Gasteiger charge is 2.27. The van der Waals surface area contributed by atoms with E-state index in [-0.39, 0.29) is 42.7 Å². The van der Waals surface area contributed by atoms with Gasteiger partial charge in [0.25, 0.3) is 0 Å².